The molecule has 3 rings (SSSR count). The first-order chi connectivity index (χ1) is 11.3. The Balaban J connectivity index is 1.51. The third-order valence-electron chi connectivity index (χ3n) is 4.49. The maximum Gasteiger partial charge on any atom is 0.0542 e. The highest BCUT2D eigenvalue weighted by atomic mass is 15.5. The number of rotatable bonds is 4. The number of hydrazone groups is 2. The van der Waals surface area contributed by atoms with E-state index in [0.717, 1.165) is 50.4 Å². The highest BCUT2D eigenvalue weighted by molar-refractivity contribution is 5.83. The Bertz CT molecular complexity index is 523. The Kier molecular flexibility index (Phi) is 5.64. The predicted octanol–water partition coefficient (Wildman–Crippen LogP) is 2.09. The molecule has 2 saturated heterocycles. The minimum absolute atomic E-state index is 1.01. The first kappa shape index (κ1) is 16.0. The van der Waals surface area contributed by atoms with Crippen LogP contribution in [0.4, 0.5) is 0 Å². The lowest BCUT2D eigenvalue weighted by atomic mass is 10.1. The molecule has 0 aromatic heterocycles. The molecule has 0 bridgehead atoms. The van der Waals surface area contributed by atoms with Gasteiger partial charge in [-0.05, 0) is 37.4 Å². The van der Waals surface area contributed by atoms with Crippen molar-refractivity contribution in [3.63, 3.8) is 0 Å². The molecule has 0 spiro atoms. The summed E-state index contributed by atoms with van der Waals surface area (Å²) in [6.45, 7) is 6.37. The van der Waals surface area contributed by atoms with Gasteiger partial charge in [0.05, 0.1) is 12.4 Å². The van der Waals surface area contributed by atoms with Crippen LogP contribution in [0.25, 0.3) is 0 Å². The van der Waals surface area contributed by atoms with Crippen molar-refractivity contribution >= 4 is 12.4 Å². The maximum atomic E-state index is 4.58. The molecule has 5 nitrogen and oxygen atoms in total. The summed E-state index contributed by atoms with van der Waals surface area (Å²) in [5, 5.41) is 13.5. The van der Waals surface area contributed by atoms with E-state index in [4.69, 9.17) is 0 Å². The molecular weight excluding hydrogens is 286 g/mol. The Morgan fingerprint density at radius 2 is 1.17 bits per heavy atom. The summed E-state index contributed by atoms with van der Waals surface area (Å²) in [5.41, 5.74) is 2.28. The zero-order valence-electron chi connectivity index (χ0n) is 14.1. The summed E-state index contributed by atoms with van der Waals surface area (Å²) < 4.78 is 0. The van der Waals surface area contributed by atoms with Gasteiger partial charge in [0.15, 0.2) is 0 Å². The number of likely N-dealkylation sites (N-methyl/N-ethyl adjacent to an activating group) is 1. The van der Waals surface area contributed by atoms with E-state index < -0.39 is 0 Å². The van der Waals surface area contributed by atoms with Crippen LogP contribution in [0.5, 0.6) is 0 Å². The molecule has 0 amide bonds. The second-order valence-electron chi connectivity index (χ2n) is 6.43. The summed E-state index contributed by atoms with van der Waals surface area (Å²) >= 11 is 0. The second kappa shape index (κ2) is 8.11. The molecule has 1 aromatic rings. The lowest BCUT2D eigenvalue weighted by molar-refractivity contribution is 0.159. The number of nitrogens with zero attached hydrogens (tertiary/aromatic N) is 5. The van der Waals surface area contributed by atoms with Gasteiger partial charge in [0.2, 0.25) is 0 Å². The Hall–Kier alpha value is -1.88. The molecule has 2 heterocycles. The quantitative estimate of drug-likeness (QED) is 0.798. The van der Waals surface area contributed by atoms with E-state index in [1.54, 1.807) is 0 Å². The summed E-state index contributed by atoms with van der Waals surface area (Å²) in [6.07, 6.45) is 7.79. The van der Waals surface area contributed by atoms with Crippen molar-refractivity contribution in [1.29, 1.82) is 0 Å². The maximum absolute atomic E-state index is 4.58. The first-order valence-electron chi connectivity index (χ1n) is 8.66. The van der Waals surface area contributed by atoms with Gasteiger partial charge in [-0.3, -0.25) is 10.0 Å². The van der Waals surface area contributed by atoms with E-state index in [1.165, 1.54) is 19.3 Å². The number of piperazine rings is 1. The topological polar surface area (TPSA) is 34.4 Å². The number of hydrogen-bond acceptors (Lipinski definition) is 5. The van der Waals surface area contributed by atoms with Crippen LogP contribution in [0.15, 0.2) is 34.5 Å². The second-order valence-corrected chi connectivity index (χ2v) is 6.43. The van der Waals surface area contributed by atoms with Crippen LogP contribution < -0.4 is 0 Å². The van der Waals surface area contributed by atoms with E-state index >= 15 is 0 Å². The van der Waals surface area contributed by atoms with E-state index in [0.29, 0.717) is 0 Å². The molecule has 23 heavy (non-hydrogen) atoms. The van der Waals surface area contributed by atoms with Crippen molar-refractivity contribution in [1.82, 2.24) is 14.9 Å². The molecule has 0 aliphatic carbocycles. The molecule has 5 heteroatoms. The highest BCUT2D eigenvalue weighted by Gasteiger charge is 2.10. The number of benzene rings is 1. The van der Waals surface area contributed by atoms with Crippen LogP contribution in [-0.4, -0.2) is 73.7 Å². The average molecular weight is 313 g/mol. The summed E-state index contributed by atoms with van der Waals surface area (Å²) in [5.74, 6) is 0. The van der Waals surface area contributed by atoms with Crippen LogP contribution >= 0.6 is 0 Å². The van der Waals surface area contributed by atoms with E-state index in [2.05, 4.69) is 56.4 Å². The minimum atomic E-state index is 1.01. The van der Waals surface area contributed by atoms with Crippen LogP contribution in [0.2, 0.25) is 0 Å². The molecule has 0 saturated carbocycles. The van der Waals surface area contributed by atoms with Gasteiger partial charge in [-0.1, -0.05) is 24.3 Å². The molecule has 2 fully saturated rings. The summed E-state index contributed by atoms with van der Waals surface area (Å²) in [6, 6.07) is 8.44. The lowest BCUT2D eigenvalue weighted by Gasteiger charge is -2.30. The Morgan fingerprint density at radius 3 is 1.70 bits per heavy atom. The van der Waals surface area contributed by atoms with Crippen molar-refractivity contribution in [2.24, 2.45) is 10.2 Å². The number of hydrogen-bond donors (Lipinski definition) is 0. The molecule has 0 atom stereocenters. The van der Waals surface area contributed by atoms with E-state index in [9.17, 15) is 0 Å². The van der Waals surface area contributed by atoms with Crippen LogP contribution in [-0.2, 0) is 0 Å². The van der Waals surface area contributed by atoms with Gasteiger partial charge in [0, 0.05) is 39.3 Å². The summed E-state index contributed by atoms with van der Waals surface area (Å²) in [7, 11) is 2.16. The minimum Gasteiger partial charge on any atom is -0.303 e. The Labute approximate surface area is 139 Å². The number of piperidine rings is 1. The van der Waals surface area contributed by atoms with Gasteiger partial charge >= 0.3 is 0 Å². The molecule has 124 valence electrons. The van der Waals surface area contributed by atoms with Crippen molar-refractivity contribution in [2.75, 3.05) is 46.3 Å². The molecule has 0 radical (unpaired) electrons. The zero-order valence-corrected chi connectivity index (χ0v) is 14.1. The van der Waals surface area contributed by atoms with Gasteiger partial charge < -0.3 is 4.90 Å². The van der Waals surface area contributed by atoms with E-state index in [1.807, 2.05) is 12.4 Å². The van der Waals surface area contributed by atoms with Gasteiger partial charge in [-0.25, -0.2) is 0 Å². The van der Waals surface area contributed by atoms with Gasteiger partial charge in [0.25, 0.3) is 0 Å². The SMILES string of the molecule is CN1CCN(/N=C/c2ccc(/C=N/N3CCCCC3)cc2)CC1. The third-order valence-corrected chi connectivity index (χ3v) is 4.49. The monoisotopic (exact) mass is 313 g/mol. The van der Waals surface area contributed by atoms with Crippen LogP contribution in [0, 0.1) is 0 Å². The van der Waals surface area contributed by atoms with Crippen molar-refractivity contribution < 1.29 is 0 Å². The van der Waals surface area contributed by atoms with Crippen molar-refractivity contribution in [2.45, 2.75) is 19.3 Å². The predicted molar refractivity (Wildman–Crippen MR) is 96.1 cm³/mol. The molecule has 0 N–H and O–H groups in total. The van der Waals surface area contributed by atoms with Gasteiger partial charge in [-0.2, -0.15) is 10.2 Å². The third kappa shape index (κ3) is 5.06. The normalized spacial score (nSPS) is 20.7. The van der Waals surface area contributed by atoms with Gasteiger partial charge in [-0.15, -0.1) is 0 Å². The summed E-state index contributed by atoms with van der Waals surface area (Å²) in [4.78, 5) is 2.34. The van der Waals surface area contributed by atoms with Crippen LogP contribution in [0.3, 0.4) is 0 Å². The first-order valence-corrected chi connectivity index (χ1v) is 8.66. The fraction of sp³-hybridized carbons (Fsp3) is 0.556. The van der Waals surface area contributed by atoms with Gasteiger partial charge in [0.1, 0.15) is 0 Å². The van der Waals surface area contributed by atoms with Crippen molar-refractivity contribution in [3.05, 3.63) is 35.4 Å². The largest absolute Gasteiger partial charge is 0.303 e. The lowest BCUT2D eigenvalue weighted by Crippen LogP contribution is -2.41. The molecule has 2 aliphatic heterocycles. The smallest absolute Gasteiger partial charge is 0.0542 e. The fourth-order valence-corrected chi connectivity index (χ4v) is 2.87. The highest BCUT2D eigenvalue weighted by Crippen LogP contribution is 2.09. The van der Waals surface area contributed by atoms with Crippen LogP contribution in [0.1, 0.15) is 30.4 Å². The standard InChI is InChI=1S/C18H27N5/c1-21-11-13-23(14-12-21)20-16-18-7-5-17(6-8-18)15-19-22-9-3-2-4-10-22/h5-8,15-16H,2-4,9-14H2,1H3/b19-15+,20-16+. The molecule has 2 aliphatic rings. The zero-order chi connectivity index (χ0) is 15.9. The van der Waals surface area contributed by atoms with Crippen molar-refractivity contribution in [3.8, 4) is 0 Å². The Morgan fingerprint density at radius 1 is 0.696 bits per heavy atom. The molecule has 1 aromatic carbocycles. The van der Waals surface area contributed by atoms with E-state index in [-0.39, 0.29) is 0 Å². The average Bonchev–Trinajstić information content (AvgIpc) is 2.61. The molecule has 0 unspecified atom stereocenters. The fourth-order valence-electron chi connectivity index (χ4n) is 2.87. The molecular formula is C18H27N5.